The lowest BCUT2D eigenvalue weighted by Crippen LogP contribution is -2.52. The summed E-state index contributed by atoms with van der Waals surface area (Å²) in [5.41, 5.74) is 0. The van der Waals surface area contributed by atoms with Crippen molar-refractivity contribution in [2.75, 3.05) is 20.2 Å². The van der Waals surface area contributed by atoms with E-state index in [0.29, 0.717) is 31.1 Å². The molecule has 0 spiro atoms. The first-order valence-electron chi connectivity index (χ1n) is 7.42. The average molecular weight is 329 g/mol. The zero-order chi connectivity index (χ0) is 15.9. The van der Waals surface area contributed by atoms with Gasteiger partial charge in [-0.25, -0.2) is 4.79 Å². The van der Waals surface area contributed by atoms with E-state index in [4.69, 9.17) is 16.3 Å². The van der Waals surface area contributed by atoms with Crippen molar-refractivity contribution in [1.29, 1.82) is 0 Å². The first-order chi connectivity index (χ1) is 10.6. The van der Waals surface area contributed by atoms with Gasteiger partial charge >= 0.3 is 6.09 Å². The standard InChI is InChI=1S/C14H21ClN4O3/c1-22-14(21)19-8-3-2-5-12(19)13(20)16-6-4-7-18-10-11(15)9-17-18/h9-10,12H,2-8H2,1H3,(H,16,20)/t12-/m1/s1. The van der Waals surface area contributed by atoms with Gasteiger partial charge in [0.15, 0.2) is 0 Å². The van der Waals surface area contributed by atoms with Crippen LogP contribution in [0.4, 0.5) is 4.79 Å². The van der Waals surface area contributed by atoms with E-state index in [1.807, 2.05) is 0 Å². The minimum Gasteiger partial charge on any atom is -0.453 e. The van der Waals surface area contributed by atoms with E-state index < -0.39 is 12.1 Å². The third-order valence-corrected chi connectivity index (χ3v) is 3.87. The Bertz CT molecular complexity index is 520. The molecule has 0 unspecified atom stereocenters. The molecule has 1 aliphatic heterocycles. The Morgan fingerprint density at radius 1 is 1.50 bits per heavy atom. The number of nitrogens with zero attached hydrogens (tertiary/aromatic N) is 3. The molecule has 8 heteroatoms. The van der Waals surface area contributed by atoms with Crippen molar-refractivity contribution in [3.63, 3.8) is 0 Å². The van der Waals surface area contributed by atoms with Gasteiger partial charge in [0, 0.05) is 25.8 Å². The number of aromatic nitrogens is 2. The molecule has 1 saturated heterocycles. The number of piperidine rings is 1. The number of ether oxygens (including phenoxy) is 1. The Morgan fingerprint density at radius 2 is 2.32 bits per heavy atom. The Hall–Kier alpha value is -1.76. The van der Waals surface area contributed by atoms with Gasteiger partial charge < -0.3 is 10.1 Å². The van der Waals surface area contributed by atoms with Gasteiger partial charge in [-0.2, -0.15) is 5.10 Å². The molecule has 0 aromatic carbocycles. The predicted molar refractivity (Wildman–Crippen MR) is 81.6 cm³/mol. The summed E-state index contributed by atoms with van der Waals surface area (Å²) < 4.78 is 6.47. The highest BCUT2D eigenvalue weighted by atomic mass is 35.5. The SMILES string of the molecule is COC(=O)N1CCCC[C@@H]1C(=O)NCCCn1cc(Cl)cn1. The molecule has 1 aromatic heterocycles. The van der Waals surface area contributed by atoms with Crippen molar-refractivity contribution in [3.8, 4) is 0 Å². The van der Waals surface area contributed by atoms with Gasteiger partial charge in [-0.15, -0.1) is 0 Å². The summed E-state index contributed by atoms with van der Waals surface area (Å²) in [5, 5.41) is 7.54. The number of aryl methyl sites for hydroxylation is 1. The van der Waals surface area contributed by atoms with E-state index >= 15 is 0 Å². The molecule has 1 aliphatic rings. The van der Waals surface area contributed by atoms with E-state index in [1.54, 1.807) is 17.1 Å². The molecule has 0 aliphatic carbocycles. The van der Waals surface area contributed by atoms with Gasteiger partial charge in [0.1, 0.15) is 6.04 Å². The molecule has 7 nitrogen and oxygen atoms in total. The van der Waals surface area contributed by atoms with Crippen molar-refractivity contribution >= 4 is 23.6 Å². The number of hydrogen-bond donors (Lipinski definition) is 1. The van der Waals surface area contributed by atoms with Crippen LogP contribution < -0.4 is 5.32 Å². The second kappa shape index (κ2) is 8.03. The van der Waals surface area contributed by atoms with Crippen LogP contribution in [0.2, 0.25) is 5.02 Å². The largest absolute Gasteiger partial charge is 0.453 e. The van der Waals surface area contributed by atoms with Gasteiger partial charge in [0.25, 0.3) is 0 Å². The maximum atomic E-state index is 12.2. The third kappa shape index (κ3) is 4.37. The second-order valence-electron chi connectivity index (χ2n) is 5.24. The normalized spacial score (nSPS) is 18.1. The fourth-order valence-corrected chi connectivity index (χ4v) is 2.73. The summed E-state index contributed by atoms with van der Waals surface area (Å²) >= 11 is 5.78. The Balaban J connectivity index is 1.76. The van der Waals surface area contributed by atoms with Gasteiger partial charge in [-0.05, 0) is 25.7 Å². The second-order valence-corrected chi connectivity index (χ2v) is 5.68. The van der Waals surface area contributed by atoms with Crippen LogP contribution in [0.25, 0.3) is 0 Å². The number of nitrogens with one attached hydrogen (secondary N) is 1. The molecule has 2 amide bonds. The lowest BCUT2D eigenvalue weighted by atomic mass is 10.0. The quantitative estimate of drug-likeness (QED) is 0.834. The summed E-state index contributed by atoms with van der Waals surface area (Å²) in [4.78, 5) is 25.4. The fraction of sp³-hybridized carbons (Fsp3) is 0.643. The Kier molecular flexibility index (Phi) is 6.06. The lowest BCUT2D eigenvalue weighted by molar-refractivity contribution is -0.127. The molecular weight excluding hydrogens is 308 g/mol. The number of likely N-dealkylation sites (tertiary alicyclic amines) is 1. The Labute approximate surface area is 134 Å². The number of methoxy groups -OCH3 is 1. The van der Waals surface area contributed by atoms with Crippen molar-refractivity contribution in [2.45, 2.75) is 38.3 Å². The van der Waals surface area contributed by atoms with Crippen molar-refractivity contribution in [3.05, 3.63) is 17.4 Å². The first-order valence-corrected chi connectivity index (χ1v) is 7.80. The molecule has 0 radical (unpaired) electrons. The van der Waals surface area contributed by atoms with Gasteiger partial charge in [0.2, 0.25) is 5.91 Å². The molecule has 1 aromatic rings. The predicted octanol–water partition coefficient (Wildman–Crippen LogP) is 1.66. The highest BCUT2D eigenvalue weighted by molar-refractivity contribution is 6.30. The summed E-state index contributed by atoms with van der Waals surface area (Å²) in [5.74, 6) is -0.122. The first kappa shape index (κ1) is 16.6. The van der Waals surface area contributed by atoms with Gasteiger partial charge in [0.05, 0.1) is 18.3 Å². The fourth-order valence-electron chi connectivity index (χ4n) is 2.57. The Morgan fingerprint density at radius 3 is 3.00 bits per heavy atom. The maximum absolute atomic E-state index is 12.2. The van der Waals surface area contributed by atoms with E-state index in [9.17, 15) is 9.59 Å². The molecule has 1 fully saturated rings. The van der Waals surface area contributed by atoms with Crippen LogP contribution in [-0.4, -0.2) is 52.9 Å². The monoisotopic (exact) mass is 328 g/mol. The van der Waals surface area contributed by atoms with E-state index in [-0.39, 0.29) is 5.91 Å². The lowest BCUT2D eigenvalue weighted by Gasteiger charge is -2.33. The number of amides is 2. The van der Waals surface area contributed by atoms with Crippen LogP contribution >= 0.6 is 11.6 Å². The third-order valence-electron chi connectivity index (χ3n) is 3.68. The van der Waals surface area contributed by atoms with Gasteiger partial charge in [-0.3, -0.25) is 14.4 Å². The highest BCUT2D eigenvalue weighted by Crippen LogP contribution is 2.18. The molecule has 0 saturated carbocycles. The molecule has 2 heterocycles. The minimum absolute atomic E-state index is 0.122. The molecule has 2 rings (SSSR count). The number of hydrogen-bond acceptors (Lipinski definition) is 4. The van der Waals surface area contributed by atoms with E-state index in [2.05, 4.69) is 10.4 Å². The molecule has 1 atom stereocenters. The molecule has 0 bridgehead atoms. The summed E-state index contributed by atoms with van der Waals surface area (Å²) in [7, 11) is 1.33. The van der Waals surface area contributed by atoms with E-state index in [1.165, 1.54) is 12.0 Å². The van der Waals surface area contributed by atoms with Crippen LogP contribution in [0.3, 0.4) is 0 Å². The molecule has 1 N–H and O–H groups in total. The molecular formula is C14H21ClN4O3. The topological polar surface area (TPSA) is 76.5 Å². The van der Waals surface area contributed by atoms with Crippen LogP contribution in [-0.2, 0) is 16.1 Å². The van der Waals surface area contributed by atoms with E-state index in [0.717, 1.165) is 19.3 Å². The average Bonchev–Trinajstić information content (AvgIpc) is 2.96. The number of halogens is 1. The smallest absolute Gasteiger partial charge is 0.410 e. The van der Waals surface area contributed by atoms with Gasteiger partial charge in [-0.1, -0.05) is 11.6 Å². The van der Waals surface area contributed by atoms with Crippen LogP contribution in [0.1, 0.15) is 25.7 Å². The van der Waals surface area contributed by atoms with Crippen molar-refractivity contribution in [2.24, 2.45) is 0 Å². The van der Waals surface area contributed by atoms with Crippen molar-refractivity contribution in [1.82, 2.24) is 20.0 Å². The van der Waals surface area contributed by atoms with Crippen LogP contribution in [0.15, 0.2) is 12.4 Å². The summed E-state index contributed by atoms with van der Waals surface area (Å²) in [6.07, 6.45) is 6.15. The number of rotatable bonds is 5. The summed E-state index contributed by atoms with van der Waals surface area (Å²) in [6, 6.07) is -0.430. The zero-order valence-electron chi connectivity index (χ0n) is 12.6. The molecule has 122 valence electrons. The van der Waals surface area contributed by atoms with Crippen LogP contribution in [0.5, 0.6) is 0 Å². The zero-order valence-corrected chi connectivity index (χ0v) is 13.4. The molecule has 22 heavy (non-hydrogen) atoms. The van der Waals surface area contributed by atoms with Crippen molar-refractivity contribution < 1.29 is 14.3 Å². The number of carbonyl (C=O) groups excluding carboxylic acids is 2. The van der Waals surface area contributed by atoms with Crippen LogP contribution in [0, 0.1) is 0 Å². The minimum atomic E-state index is -0.439. The summed E-state index contributed by atoms with van der Waals surface area (Å²) in [6.45, 7) is 1.77. The maximum Gasteiger partial charge on any atom is 0.410 e. The highest BCUT2D eigenvalue weighted by Gasteiger charge is 2.32. The number of carbonyl (C=O) groups is 2.